The highest BCUT2D eigenvalue weighted by Crippen LogP contribution is 2.43. The standard InChI is InChI=1S/C25H26N6O4S/c1-5-33-20-12-16(13-21(34-6-2)22(20)35-7-3)24-30-31-23(28-29-25(31)36-24)19-14-18(26-27-19)15-8-10-17(32-4)11-9-15/h8-14H,5-7H2,1-4H3,(H,26,27). The van der Waals surface area contributed by atoms with Gasteiger partial charge in [-0.3, -0.25) is 5.10 Å². The molecule has 0 saturated heterocycles. The average molecular weight is 507 g/mol. The predicted octanol–water partition coefficient (Wildman–Crippen LogP) is 5.11. The summed E-state index contributed by atoms with van der Waals surface area (Å²) in [6.07, 6.45) is 0. The van der Waals surface area contributed by atoms with Crippen molar-refractivity contribution in [3.63, 3.8) is 0 Å². The van der Waals surface area contributed by atoms with Gasteiger partial charge in [-0.05, 0) is 63.2 Å². The highest BCUT2D eigenvalue weighted by Gasteiger charge is 2.20. The van der Waals surface area contributed by atoms with Crippen LogP contribution >= 0.6 is 11.3 Å². The van der Waals surface area contributed by atoms with E-state index in [2.05, 4.69) is 20.4 Å². The molecule has 3 aromatic heterocycles. The Hall–Kier alpha value is -4.12. The molecule has 0 aliphatic rings. The SMILES string of the molecule is CCOc1cc(-c2nn3c(-c4cc(-c5ccc(OC)cc5)n[nH]4)nnc3s2)cc(OCC)c1OCC. The molecule has 5 aromatic rings. The van der Waals surface area contributed by atoms with Crippen LogP contribution in [0.3, 0.4) is 0 Å². The molecule has 0 saturated carbocycles. The van der Waals surface area contributed by atoms with Gasteiger partial charge in [0.2, 0.25) is 16.5 Å². The number of hydrogen-bond acceptors (Lipinski definition) is 9. The van der Waals surface area contributed by atoms with Crippen LogP contribution in [-0.4, -0.2) is 56.9 Å². The number of methoxy groups -OCH3 is 1. The highest BCUT2D eigenvalue weighted by atomic mass is 32.1. The number of hydrogen-bond donors (Lipinski definition) is 1. The fraction of sp³-hybridized carbons (Fsp3) is 0.280. The van der Waals surface area contributed by atoms with Crippen LogP contribution in [0.1, 0.15) is 20.8 Å². The molecule has 1 N–H and O–H groups in total. The van der Waals surface area contributed by atoms with E-state index in [0.717, 1.165) is 27.6 Å². The quantitative estimate of drug-likeness (QED) is 0.278. The van der Waals surface area contributed by atoms with E-state index in [1.165, 1.54) is 11.3 Å². The lowest BCUT2D eigenvalue weighted by atomic mass is 10.1. The van der Waals surface area contributed by atoms with Crippen molar-refractivity contribution in [3.05, 3.63) is 42.5 Å². The second-order valence-electron chi connectivity index (χ2n) is 7.62. The van der Waals surface area contributed by atoms with Crippen LogP contribution in [-0.2, 0) is 0 Å². The molecule has 0 fully saturated rings. The Labute approximate surface area is 211 Å². The summed E-state index contributed by atoms with van der Waals surface area (Å²) in [6.45, 7) is 7.30. The van der Waals surface area contributed by atoms with Gasteiger partial charge >= 0.3 is 0 Å². The van der Waals surface area contributed by atoms with E-state index in [4.69, 9.17) is 24.0 Å². The third-order valence-electron chi connectivity index (χ3n) is 5.35. The third kappa shape index (κ3) is 4.44. The van der Waals surface area contributed by atoms with Crippen LogP contribution in [0.25, 0.3) is 38.3 Å². The smallest absolute Gasteiger partial charge is 0.235 e. The Balaban J connectivity index is 1.51. The number of benzene rings is 2. The zero-order valence-corrected chi connectivity index (χ0v) is 21.3. The van der Waals surface area contributed by atoms with Gasteiger partial charge in [0, 0.05) is 11.1 Å². The maximum Gasteiger partial charge on any atom is 0.235 e. The topological polar surface area (TPSA) is 109 Å². The van der Waals surface area contributed by atoms with Gasteiger partial charge in [0.1, 0.15) is 16.5 Å². The summed E-state index contributed by atoms with van der Waals surface area (Å²) < 4.78 is 24.5. The zero-order chi connectivity index (χ0) is 25.1. The van der Waals surface area contributed by atoms with Gasteiger partial charge in [-0.15, -0.1) is 10.2 Å². The Morgan fingerprint density at radius 3 is 2.19 bits per heavy atom. The molecule has 5 rings (SSSR count). The number of ether oxygens (including phenoxy) is 4. The van der Waals surface area contributed by atoms with E-state index in [1.807, 2.05) is 63.2 Å². The van der Waals surface area contributed by atoms with E-state index in [9.17, 15) is 0 Å². The normalized spacial score (nSPS) is 11.1. The minimum atomic E-state index is 0.501. The molecule has 0 aliphatic carbocycles. The van der Waals surface area contributed by atoms with Gasteiger partial charge < -0.3 is 18.9 Å². The maximum absolute atomic E-state index is 5.86. The first-order chi connectivity index (χ1) is 17.6. The Bertz CT molecular complexity index is 1450. The summed E-state index contributed by atoms with van der Waals surface area (Å²) in [4.78, 5) is 0.658. The monoisotopic (exact) mass is 506 g/mol. The van der Waals surface area contributed by atoms with Gasteiger partial charge in [-0.25, -0.2) is 0 Å². The Kier molecular flexibility index (Phi) is 6.72. The van der Waals surface area contributed by atoms with Crippen molar-refractivity contribution in [1.82, 2.24) is 30.0 Å². The Morgan fingerprint density at radius 2 is 1.56 bits per heavy atom. The van der Waals surface area contributed by atoms with Gasteiger partial charge in [-0.1, -0.05) is 11.3 Å². The first kappa shape index (κ1) is 23.6. The molecule has 10 nitrogen and oxygen atoms in total. The fourth-order valence-corrected chi connectivity index (χ4v) is 4.59. The number of rotatable bonds is 10. The number of fused-ring (bicyclic) bond motifs is 1. The lowest BCUT2D eigenvalue weighted by Gasteiger charge is -2.16. The van der Waals surface area contributed by atoms with Crippen LogP contribution in [0.15, 0.2) is 42.5 Å². The second-order valence-corrected chi connectivity index (χ2v) is 8.58. The van der Waals surface area contributed by atoms with Crippen LogP contribution in [0.5, 0.6) is 23.0 Å². The molecule has 11 heteroatoms. The van der Waals surface area contributed by atoms with Crippen molar-refractivity contribution in [3.8, 4) is 56.3 Å². The Morgan fingerprint density at radius 1 is 0.861 bits per heavy atom. The molecule has 0 unspecified atom stereocenters. The lowest BCUT2D eigenvalue weighted by molar-refractivity contribution is 0.261. The van der Waals surface area contributed by atoms with Crippen molar-refractivity contribution in [2.45, 2.75) is 20.8 Å². The van der Waals surface area contributed by atoms with Crippen LogP contribution < -0.4 is 18.9 Å². The minimum Gasteiger partial charge on any atom is -0.497 e. The lowest BCUT2D eigenvalue weighted by Crippen LogP contribution is -2.03. The van der Waals surface area contributed by atoms with Crippen molar-refractivity contribution in [1.29, 1.82) is 0 Å². The van der Waals surface area contributed by atoms with Crippen molar-refractivity contribution >= 4 is 16.3 Å². The summed E-state index contributed by atoms with van der Waals surface area (Å²) in [7, 11) is 1.64. The van der Waals surface area contributed by atoms with Crippen molar-refractivity contribution < 1.29 is 18.9 Å². The number of nitrogens with one attached hydrogen (secondary N) is 1. The molecule has 0 aliphatic heterocycles. The number of nitrogens with zero attached hydrogens (tertiary/aromatic N) is 5. The van der Waals surface area contributed by atoms with E-state index >= 15 is 0 Å². The molecule has 0 radical (unpaired) electrons. The van der Waals surface area contributed by atoms with E-state index in [1.54, 1.807) is 11.6 Å². The summed E-state index contributed by atoms with van der Waals surface area (Å²) >= 11 is 1.42. The van der Waals surface area contributed by atoms with Gasteiger partial charge in [-0.2, -0.15) is 14.7 Å². The summed E-state index contributed by atoms with van der Waals surface area (Å²) in [6, 6.07) is 13.5. The molecule has 0 amide bonds. The summed E-state index contributed by atoms with van der Waals surface area (Å²) in [5, 5.41) is 21.7. The molecular weight excluding hydrogens is 480 g/mol. The average Bonchev–Trinajstić information content (AvgIpc) is 3.62. The van der Waals surface area contributed by atoms with Crippen molar-refractivity contribution in [2.75, 3.05) is 26.9 Å². The first-order valence-corrected chi connectivity index (χ1v) is 12.5. The maximum atomic E-state index is 5.86. The van der Waals surface area contributed by atoms with E-state index < -0.39 is 0 Å². The largest absolute Gasteiger partial charge is 0.497 e. The molecule has 3 heterocycles. The fourth-order valence-electron chi connectivity index (χ4n) is 3.76. The first-order valence-electron chi connectivity index (χ1n) is 11.6. The van der Waals surface area contributed by atoms with E-state index in [0.29, 0.717) is 53.5 Å². The van der Waals surface area contributed by atoms with Gasteiger partial charge in [0.15, 0.2) is 11.5 Å². The highest BCUT2D eigenvalue weighted by molar-refractivity contribution is 7.19. The molecule has 0 bridgehead atoms. The number of aromatic nitrogens is 6. The minimum absolute atomic E-state index is 0.501. The predicted molar refractivity (Wildman–Crippen MR) is 137 cm³/mol. The second kappa shape index (κ2) is 10.2. The van der Waals surface area contributed by atoms with Crippen LogP contribution in [0.4, 0.5) is 0 Å². The third-order valence-corrected chi connectivity index (χ3v) is 6.30. The molecular formula is C25H26N6O4S. The molecule has 2 aromatic carbocycles. The van der Waals surface area contributed by atoms with Crippen LogP contribution in [0.2, 0.25) is 0 Å². The zero-order valence-electron chi connectivity index (χ0n) is 20.4. The number of H-pyrrole nitrogens is 1. The molecule has 0 atom stereocenters. The summed E-state index contributed by atoms with van der Waals surface area (Å²) in [5.74, 6) is 3.18. The molecule has 36 heavy (non-hydrogen) atoms. The van der Waals surface area contributed by atoms with Crippen LogP contribution in [0, 0.1) is 0 Å². The molecule has 0 spiro atoms. The van der Waals surface area contributed by atoms with Crippen molar-refractivity contribution in [2.24, 2.45) is 0 Å². The van der Waals surface area contributed by atoms with E-state index in [-0.39, 0.29) is 0 Å². The number of aromatic amines is 1. The van der Waals surface area contributed by atoms with Gasteiger partial charge in [0.05, 0.1) is 32.6 Å². The van der Waals surface area contributed by atoms with Gasteiger partial charge in [0.25, 0.3) is 0 Å². The summed E-state index contributed by atoms with van der Waals surface area (Å²) in [5.41, 5.74) is 3.30. The molecule has 186 valence electrons.